The first-order valence-corrected chi connectivity index (χ1v) is 6.57. The van der Waals surface area contributed by atoms with Gasteiger partial charge in [0.25, 0.3) is 0 Å². The maximum atomic E-state index is 5.30. The van der Waals surface area contributed by atoms with Crippen molar-refractivity contribution in [2.75, 3.05) is 12.4 Å². The van der Waals surface area contributed by atoms with Gasteiger partial charge in [0.05, 0.1) is 7.11 Å². The van der Waals surface area contributed by atoms with Crippen LogP contribution in [-0.4, -0.2) is 12.4 Å². The average Bonchev–Trinajstić information content (AvgIpc) is 2.19. The summed E-state index contributed by atoms with van der Waals surface area (Å²) in [4.78, 5) is 0. The monoisotopic (exact) mass is 320 g/mol. The first kappa shape index (κ1) is 12.1. The van der Waals surface area contributed by atoms with Crippen LogP contribution in [0.4, 0.5) is 0 Å². The van der Waals surface area contributed by atoms with E-state index in [2.05, 4.69) is 37.9 Å². The van der Waals surface area contributed by atoms with Crippen LogP contribution in [0.2, 0.25) is 0 Å². The fraction of sp³-hybridized carbons (Fsp3) is 0.455. The highest BCUT2D eigenvalue weighted by Crippen LogP contribution is 2.24. The van der Waals surface area contributed by atoms with E-state index in [1.165, 1.54) is 18.4 Å². The maximum absolute atomic E-state index is 5.30. The Kier molecular flexibility index (Phi) is 5.56. The molecular weight excluding hydrogens is 308 g/mol. The summed E-state index contributed by atoms with van der Waals surface area (Å²) in [5.74, 6) is 0.989. The molecule has 0 atom stereocenters. The number of benzene rings is 1. The van der Waals surface area contributed by atoms with Gasteiger partial charge in [-0.1, -0.05) is 31.9 Å². The minimum Gasteiger partial charge on any atom is -0.496 e. The van der Waals surface area contributed by atoms with Crippen LogP contribution in [0.5, 0.6) is 5.75 Å². The standard InChI is InChI=1S/C11H14Br2O/c1-14-11-6-5-10(13)8-9(11)4-2-3-7-12/h5-6,8H,2-4,7H2,1H3. The van der Waals surface area contributed by atoms with Crippen LogP contribution in [0.1, 0.15) is 18.4 Å². The van der Waals surface area contributed by atoms with Crippen LogP contribution < -0.4 is 4.74 Å². The molecule has 0 bridgehead atoms. The van der Waals surface area contributed by atoms with Crippen LogP contribution in [0.3, 0.4) is 0 Å². The second kappa shape index (κ2) is 6.46. The highest BCUT2D eigenvalue weighted by molar-refractivity contribution is 9.10. The summed E-state index contributed by atoms with van der Waals surface area (Å²) in [6, 6.07) is 6.15. The number of ether oxygens (including phenoxy) is 1. The molecule has 0 unspecified atom stereocenters. The molecule has 0 N–H and O–H groups in total. The normalized spacial score (nSPS) is 10.2. The third-order valence-corrected chi connectivity index (χ3v) is 3.13. The molecule has 1 rings (SSSR count). The SMILES string of the molecule is COc1ccc(Br)cc1CCCCBr. The predicted octanol–water partition coefficient (Wildman–Crippen LogP) is 4.18. The Morgan fingerprint density at radius 1 is 1.29 bits per heavy atom. The van der Waals surface area contributed by atoms with Crippen molar-refractivity contribution in [3.8, 4) is 5.75 Å². The second-order valence-corrected chi connectivity index (χ2v) is 4.81. The zero-order valence-electron chi connectivity index (χ0n) is 8.22. The van der Waals surface area contributed by atoms with Crippen molar-refractivity contribution in [1.82, 2.24) is 0 Å². The van der Waals surface area contributed by atoms with Gasteiger partial charge in [0.1, 0.15) is 5.75 Å². The summed E-state index contributed by atoms with van der Waals surface area (Å²) >= 11 is 6.90. The van der Waals surface area contributed by atoms with Gasteiger partial charge < -0.3 is 4.74 Å². The molecule has 0 heterocycles. The molecule has 0 radical (unpaired) electrons. The van der Waals surface area contributed by atoms with E-state index >= 15 is 0 Å². The third-order valence-electron chi connectivity index (χ3n) is 2.07. The predicted molar refractivity (Wildman–Crippen MR) is 67.4 cm³/mol. The molecule has 1 aromatic carbocycles. The zero-order valence-corrected chi connectivity index (χ0v) is 11.4. The van der Waals surface area contributed by atoms with Crippen molar-refractivity contribution in [1.29, 1.82) is 0 Å². The summed E-state index contributed by atoms with van der Waals surface area (Å²) < 4.78 is 6.42. The van der Waals surface area contributed by atoms with E-state index in [9.17, 15) is 0 Å². The first-order chi connectivity index (χ1) is 6.77. The average molecular weight is 322 g/mol. The number of hydrogen-bond acceptors (Lipinski definition) is 1. The molecule has 0 saturated heterocycles. The number of methoxy groups -OCH3 is 1. The van der Waals surface area contributed by atoms with Gasteiger partial charge in [0, 0.05) is 9.80 Å². The Balaban J connectivity index is 2.67. The Morgan fingerprint density at radius 2 is 2.07 bits per heavy atom. The van der Waals surface area contributed by atoms with E-state index in [1.54, 1.807) is 7.11 Å². The van der Waals surface area contributed by atoms with Crippen LogP contribution in [-0.2, 0) is 6.42 Å². The quantitative estimate of drug-likeness (QED) is 0.584. The van der Waals surface area contributed by atoms with Crippen molar-refractivity contribution >= 4 is 31.9 Å². The second-order valence-electron chi connectivity index (χ2n) is 3.10. The highest BCUT2D eigenvalue weighted by atomic mass is 79.9. The van der Waals surface area contributed by atoms with E-state index in [0.29, 0.717) is 0 Å². The lowest BCUT2D eigenvalue weighted by Crippen LogP contribution is -1.92. The molecule has 1 aromatic rings. The van der Waals surface area contributed by atoms with E-state index < -0.39 is 0 Å². The summed E-state index contributed by atoms with van der Waals surface area (Å²) in [7, 11) is 1.72. The number of halogens is 2. The number of aryl methyl sites for hydroxylation is 1. The number of unbranched alkanes of at least 4 members (excludes halogenated alkanes) is 1. The van der Waals surface area contributed by atoms with Crippen LogP contribution in [0, 0.1) is 0 Å². The van der Waals surface area contributed by atoms with Crippen molar-refractivity contribution in [3.63, 3.8) is 0 Å². The highest BCUT2D eigenvalue weighted by Gasteiger charge is 2.02. The number of alkyl halides is 1. The fourth-order valence-corrected chi connectivity index (χ4v) is 2.16. The van der Waals surface area contributed by atoms with Gasteiger partial charge in [-0.15, -0.1) is 0 Å². The third kappa shape index (κ3) is 3.62. The first-order valence-electron chi connectivity index (χ1n) is 4.66. The molecule has 0 saturated carbocycles. The fourth-order valence-electron chi connectivity index (χ4n) is 1.35. The Morgan fingerprint density at radius 3 is 2.71 bits per heavy atom. The van der Waals surface area contributed by atoms with E-state index in [1.807, 2.05) is 12.1 Å². The molecule has 14 heavy (non-hydrogen) atoms. The van der Waals surface area contributed by atoms with Gasteiger partial charge in [0.15, 0.2) is 0 Å². The van der Waals surface area contributed by atoms with E-state index in [-0.39, 0.29) is 0 Å². The lowest BCUT2D eigenvalue weighted by Gasteiger charge is -2.08. The summed E-state index contributed by atoms with van der Waals surface area (Å²) in [6.45, 7) is 0. The zero-order chi connectivity index (χ0) is 10.4. The largest absolute Gasteiger partial charge is 0.496 e. The van der Waals surface area contributed by atoms with E-state index in [4.69, 9.17) is 4.74 Å². The Bertz CT molecular complexity index is 287. The molecule has 0 fully saturated rings. The molecule has 1 nitrogen and oxygen atoms in total. The van der Waals surface area contributed by atoms with Crippen molar-refractivity contribution < 1.29 is 4.74 Å². The summed E-state index contributed by atoms with van der Waals surface area (Å²) in [5.41, 5.74) is 1.28. The Hall–Kier alpha value is -0.0200. The molecule has 0 aromatic heterocycles. The van der Waals surface area contributed by atoms with Gasteiger partial charge in [-0.3, -0.25) is 0 Å². The molecule has 0 spiro atoms. The van der Waals surface area contributed by atoms with Crippen LogP contribution in [0.15, 0.2) is 22.7 Å². The van der Waals surface area contributed by atoms with E-state index in [0.717, 1.165) is 22.0 Å². The molecule has 0 amide bonds. The topological polar surface area (TPSA) is 9.23 Å². The Labute approximate surface area is 102 Å². The molecule has 78 valence electrons. The summed E-state index contributed by atoms with van der Waals surface area (Å²) in [6.07, 6.45) is 3.47. The molecule has 3 heteroatoms. The minimum atomic E-state index is 0.989. The minimum absolute atomic E-state index is 0.989. The number of hydrogen-bond donors (Lipinski definition) is 0. The number of rotatable bonds is 5. The molecule has 0 aliphatic heterocycles. The van der Waals surface area contributed by atoms with Crippen molar-refractivity contribution in [3.05, 3.63) is 28.2 Å². The maximum Gasteiger partial charge on any atom is 0.122 e. The van der Waals surface area contributed by atoms with Crippen molar-refractivity contribution in [2.24, 2.45) is 0 Å². The lowest BCUT2D eigenvalue weighted by atomic mass is 10.1. The molecule has 0 aliphatic rings. The van der Waals surface area contributed by atoms with Gasteiger partial charge in [0.2, 0.25) is 0 Å². The molecule has 0 aliphatic carbocycles. The van der Waals surface area contributed by atoms with Gasteiger partial charge >= 0.3 is 0 Å². The van der Waals surface area contributed by atoms with Crippen LogP contribution in [0.25, 0.3) is 0 Å². The van der Waals surface area contributed by atoms with Gasteiger partial charge in [-0.25, -0.2) is 0 Å². The molecular formula is C11H14Br2O. The van der Waals surface area contributed by atoms with Gasteiger partial charge in [-0.2, -0.15) is 0 Å². The van der Waals surface area contributed by atoms with Gasteiger partial charge in [-0.05, 0) is 43.0 Å². The van der Waals surface area contributed by atoms with Crippen LogP contribution >= 0.6 is 31.9 Å². The lowest BCUT2D eigenvalue weighted by molar-refractivity contribution is 0.409. The summed E-state index contributed by atoms with van der Waals surface area (Å²) in [5, 5.41) is 1.07. The van der Waals surface area contributed by atoms with Crippen molar-refractivity contribution in [2.45, 2.75) is 19.3 Å². The smallest absolute Gasteiger partial charge is 0.122 e.